The van der Waals surface area contributed by atoms with Crippen LogP contribution in [-0.4, -0.2) is 18.0 Å². The minimum atomic E-state index is -0.258. The van der Waals surface area contributed by atoms with E-state index in [1.807, 2.05) is 54.6 Å². The van der Waals surface area contributed by atoms with Crippen molar-refractivity contribution in [2.75, 3.05) is 5.32 Å². The van der Waals surface area contributed by atoms with Gasteiger partial charge in [-0.2, -0.15) is 0 Å². The fourth-order valence-electron chi connectivity index (χ4n) is 4.82. The molecule has 1 N–H and O–H groups in total. The number of carbonyl (C=O) groups is 2. The maximum atomic E-state index is 12.8. The highest BCUT2D eigenvalue weighted by Crippen LogP contribution is 2.57. The van der Waals surface area contributed by atoms with Crippen LogP contribution in [0.15, 0.2) is 54.6 Å². The number of hydrogen-bond acceptors (Lipinski definition) is 4. The molecule has 5 rings (SSSR count). The third-order valence-electron chi connectivity index (χ3n) is 5.89. The molecule has 5 nitrogen and oxygen atoms in total. The zero-order valence-corrected chi connectivity index (χ0v) is 14.1. The molecule has 2 saturated carbocycles. The number of amides is 1. The van der Waals surface area contributed by atoms with E-state index in [9.17, 15) is 9.59 Å². The Morgan fingerprint density at radius 1 is 1.00 bits per heavy atom. The fraction of sp³-hybridized carbons (Fsp3) is 0.333. The lowest BCUT2D eigenvalue weighted by Gasteiger charge is -2.23. The molecule has 5 heteroatoms. The highest BCUT2D eigenvalue weighted by atomic mass is 16.6. The van der Waals surface area contributed by atoms with E-state index in [0.29, 0.717) is 11.4 Å². The standard InChI is InChI=1S/C21H19NO4/c23-20(18-12-10-16-17(11-12)26-21(24)19(16)18)22-13-6-8-15(9-7-13)25-14-4-2-1-3-5-14/h1-9,12,16-19H,10-11H2,(H,22,23)/t12-,16+,17-,18-,19+/m1/s1. The van der Waals surface area contributed by atoms with Gasteiger partial charge in [-0.15, -0.1) is 0 Å². The second-order valence-corrected chi connectivity index (χ2v) is 7.35. The van der Waals surface area contributed by atoms with Gasteiger partial charge in [-0.3, -0.25) is 9.59 Å². The van der Waals surface area contributed by atoms with Gasteiger partial charge >= 0.3 is 5.97 Å². The summed E-state index contributed by atoms with van der Waals surface area (Å²) in [5.41, 5.74) is 0.709. The van der Waals surface area contributed by atoms with Crippen molar-refractivity contribution in [2.45, 2.75) is 18.9 Å². The zero-order valence-electron chi connectivity index (χ0n) is 14.1. The van der Waals surface area contributed by atoms with E-state index in [1.54, 1.807) is 0 Å². The first-order chi connectivity index (χ1) is 12.7. The number of esters is 1. The summed E-state index contributed by atoms with van der Waals surface area (Å²) in [5, 5.41) is 2.96. The SMILES string of the molecule is O=C(Nc1ccc(Oc2ccccc2)cc1)[C@@H]1[C@@H]2C[C@@H]3[C@@H]1C(=O)O[C@@H]3C2. The van der Waals surface area contributed by atoms with Gasteiger partial charge in [0.15, 0.2) is 0 Å². The van der Waals surface area contributed by atoms with Crippen LogP contribution in [0.2, 0.25) is 0 Å². The van der Waals surface area contributed by atoms with Crippen LogP contribution in [0.4, 0.5) is 5.69 Å². The van der Waals surface area contributed by atoms with E-state index in [2.05, 4.69) is 5.32 Å². The summed E-state index contributed by atoms with van der Waals surface area (Å²) < 4.78 is 11.2. The first-order valence-electron chi connectivity index (χ1n) is 9.03. The summed E-state index contributed by atoms with van der Waals surface area (Å²) in [4.78, 5) is 24.8. The zero-order chi connectivity index (χ0) is 17.7. The van der Waals surface area contributed by atoms with E-state index in [1.165, 1.54) is 0 Å². The van der Waals surface area contributed by atoms with E-state index in [4.69, 9.17) is 9.47 Å². The summed E-state index contributed by atoms with van der Waals surface area (Å²) in [7, 11) is 0. The predicted octanol–water partition coefficient (Wildman–Crippen LogP) is 3.62. The minimum absolute atomic E-state index is 0.0518. The van der Waals surface area contributed by atoms with Crippen LogP contribution in [-0.2, 0) is 14.3 Å². The lowest BCUT2D eigenvalue weighted by Crippen LogP contribution is -2.35. The van der Waals surface area contributed by atoms with E-state index in [0.717, 1.165) is 18.6 Å². The van der Waals surface area contributed by atoms with E-state index < -0.39 is 0 Å². The Bertz CT molecular complexity index is 846. The highest BCUT2D eigenvalue weighted by Gasteiger charge is 2.63. The topological polar surface area (TPSA) is 64.6 Å². The number of nitrogens with one attached hydrogen (secondary N) is 1. The Labute approximate surface area is 151 Å². The number of fused-ring (bicyclic) bond motifs is 1. The lowest BCUT2D eigenvalue weighted by molar-refractivity contribution is -0.145. The fourth-order valence-corrected chi connectivity index (χ4v) is 4.82. The molecule has 2 aromatic carbocycles. The summed E-state index contributed by atoms with van der Waals surface area (Å²) >= 11 is 0. The number of hydrogen-bond donors (Lipinski definition) is 1. The third kappa shape index (κ3) is 2.46. The van der Waals surface area contributed by atoms with Crippen LogP contribution < -0.4 is 10.1 Å². The number of ether oxygens (including phenoxy) is 2. The average Bonchev–Trinajstić information content (AvgIpc) is 3.26. The molecule has 0 spiro atoms. The van der Waals surface area contributed by atoms with Gasteiger partial charge in [-0.05, 0) is 55.2 Å². The number of para-hydroxylation sites is 1. The Balaban J connectivity index is 1.27. The number of anilines is 1. The van der Waals surface area contributed by atoms with Crippen molar-refractivity contribution < 1.29 is 19.1 Å². The molecule has 2 aliphatic carbocycles. The molecule has 26 heavy (non-hydrogen) atoms. The van der Waals surface area contributed by atoms with Gasteiger partial charge in [0.2, 0.25) is 5.91 Å². The normalized spacial score (nSPS) is 30.9. The Morgan fingerprint density at radius 2 is 1.73 bits per heavy atom. The van der Waals surface area contributed by atoms with Crippen molar-refractivity contribution >= 4 is 17.6 Å². The molecule has 1 saturated heterocycles. The number of rotatable bonds is 4. The van der Waals surface area contributed by atoms with Crippen molar-refractivity contribution in [1.29, 1.82) is 0 Å². The molecule has 132 valence electrons. The van der Waals surface area contributed by atoms with E-state index >= 15 is 0 Å². The largest absolute Gasteiger partial charge is 0.462 e. The first-order valence-corrected chi connectivity index (χ1v) is 9.03. The minimum Gasteiger partial charge on any atom is -0.462 e. The van der Waals surface area contributed by atoms with Crippen molar-refractivity contribution in [3.05, 3.63) is 54.6 Å². The van der Waals surface area contributed by atoms with Crippen molar-refractivity contribution in [3.8, 4) is 11.5 Å². The van der Waals surface area contributed by atoms with Crippen LogP contribution in [0.5, 0.6) is 11.5 Å². The van der Waals surface area contributed by atoms with Gasteiger partial charge in [-0.25, -0.2) is 0 Å². The maximum absolute atomic E-state index is 12.8. The summed E-state index contributed by atoms with van der Waals surface area (Å²) in [5.74, 6) is 1.21. The molecule has 5 atom stereocenters. The molecular formula is C21H19NO4. The van der Waals surface area contributed by atoms with E-state index in [-0.39, 0.29) is 41.7 Å². The molecule has 2 aromatic rings. The van der Waals surface area contributed by atoms with Crippen LogP contribution >= 0.6 is 0 Å². The Hall–Kier alpha value is -2.82. The number of carbonyl (C=O) groups excluding carboxylic acids is 2. The van der Waals surface area contributed by atoms with Crippen LogP contribution in [0.1, 0.15) is 12.8 Å². The molecule has 0 radical (unpaired) electrons. The summed E-state index contributed by atoms with van der Waals surface area (Å²) in [6.07, 6.45) is 1.81. The molecule has 0 aromatic heterocycles. The van der Waals surface area contributed by atoms with Gasteiger partial charge in [0, 0.05) is 11.6 Å². The molecule has 3 aliphatic rings. The third-order valence-corrected chi connectivity index (χ3v) is 5.89. The number of benzene rings is 2. The molecular weight excluding hydrogens is 330 g/mol. The quantitative estimate of drug-likeness (QED) is 0.857. The van der Waals surface area contributed by atoms with Crippen LogP contribution in [0, 0.1) is 23.7 Å². The molecule has 2 bridgehead atoms. The Kier molecular flexibility index (Phi) is 3.48. The maximum Gasteiger partial charge on any atom is 0.310 e. The summed E-state index contributed by atoms with van der Waals surface area (Å²) in [6.45, 7) is 0. The monoisotopic (exact) mass is 349 g/mol. The van der Waals surface area contributed by atoms with Crippen molar-refractivity contribution in [1.82, 2.24) is 0 Å². The van der Waals surface area contributed by atoms with Crippen LogP contribution in [0.25, 0.3) is 0 Å². The molecule has 0 unspecified atom stereocenters. The van der Waals surface area contributed by atoms with Gasteiger partial charge in [0.05, 0.1) is 11.8 Å². The Morgan fingerprint density at radius 3 is 2.50 bits per heavy atom. The van der Waals surface area contributed by atoms with Gasteiger partial charge in [0.1, 0.15) is 17.6 Å². The smallest absolute Gasteiger partial charge is 0.310 e. The average molecular weight is 349 g/mol. The predicted molar refractivity (Wildman–Crippen MR) is 94.7 cm³/mol. The van der Waals surface area contributed by atoms with Crippen LogP contribution in [0.3, 0.4) is 0 Å². The second-order valence-electron chi connectivity index (χ2n) is 7.35. The first kappa shape index (κ1) is 15.4. The van der Waals surface area contributed by atoms with Crippen molar-refractivity contribution in [3.63, 3.8) is 0 Å². The highest BCUT2D eigenvalue weighted by molar-refractivity contribution is 5.97. The molecule has 1 heterocycles. The second kappa shape index (κ2) is 5.87. The van der Waals surface area contributed by atoms with Crippen molar-refractivity contribution in [2.24, 2.45) is 23.7 Å². The molecule has 1 aliphatic heterocycles. The van der Waals surface area contributed by atoms with Gasteiger partial charge < -0.3 is 14.8 Å². The summed E-state index contributed by atoms with van der Waals surface area (Å²) in [6, 6.07) is 16.8. The van der Waals surface area contributed by atoms with Gasteiger partial charge in [-0.1, -0.05) is 18.2 Å². The molecule has 1 amide bonds. The lowest BCUT2D eigenvalue weighted by atomic mass is 9.79. The van der Waals surface area contributed by atoms with Gasteiger partial charge in [0.25, 0.3) is 0 Å². The molecule has 3 fully saturated rings.